The van der Waals surface area contributed by atoms with Crippen molar-refractivity contribution in [1.29, 1.82) is 0 Å². The van der Waals surface area contributed by atoms with Crippen LogP contribution in [-0.4, -0.2) is 18.4 Å². The molecule has 0 aliphatic heterocycles. The van der Waals surface area contributed by atoms with Gasteiger partial charge in [-0.2, -0.15) is 0 Å². The van der Waals surface area contributed by atoms with Crippen molar-refractivity contribution < 1.29 is 8.42 Å². The summed E-state index contributed by atoms with van der Waals surface area (Å²) in [7, 11) is -3.72. The van der Waals surface area contributed by atoms with Crippen molar-refractivity contribution in [2.45, 2.75) is 4.90 Å². The predicted molar refractivity (Wildman–Crippen MR) is 126 cm³/mol. The van der Waals surface area contributed by atoms with Crippen LogP contribution in [0.15, 0.2) is 102 Å². The molecule has 0 atom stereocenters. The lowest BCUT2D eigenvalue weighted by Gasteiger charge is -2.10. The number of fused-ring (bicyclic) bond motifs is 1. The van der Waals surface area contributed by atoms with Crippen LogP contribution >= 0.6 is 11.3 Å². The van der Waals surface area contributed by atoms with Crippen LogP contribution < -0.4 is 4.72 Å². The van der Waals surface area contributed by atoms with E-state index in [-0.39, 0.29) is 4.90 Å². The van der Waals surface area contributed by atoms with Crippen molar-refractivity contribution in [3.05, 3.63) is 97.2 Å². The van der Waals surface area contributed by atoms with E-state index in [0.717, 1.165) is 32.0 Å². The van der Waals surface area contributed by atoms with Crippen LogP contribution in [0.2, 0.25) is 0 Å². The van der Waals surface area contributed by atoms with Crippen LogP contribution in [0.3, 0.4) is 0 Å². The molecule has 0 aliphatic rings. The van der Waals surface area contributed by atoms with Crippen molar-refractivity contribution in [2.75, 3.05) is 4.72 Å². The number of anilines is 1. The third-order valence-corrected chi connectivity index (χ3v) is 7.23. The number of rotatable bonds is 5. The Labute approximate surface area is 184 Å². The predicted octanol–water partition coefficient (Wildman–Crippen LogP) is 5.83. The molecule has 0 spiro atoms. The Kier molecular flexibility index (Phi) is 4.97. The normalized spacial score (nSPS) is 11.5. The Morgan fingerprint density at radius 2 is 1.48 bits per heavy atom. The fourth-order valence-corrected chi connectivity index (χ4v) is 5.23. The fourth-order valence-electron chi connectivity index (χ4n) is 3.28. The van der Waals surface area contributed by atoms with E-state index in [1.54, 1.807) is 30.5 Å². The Hall–Kier alpha value is -3.55. The average Bonchev–Trinajstić information content (AvgIpc) is 3.24. The molecule has 2 aromatic heterocycles. The molecule has 7 heteroatoms. The molecule has 0 bridgehead atoms. The number of aromatic nitrogens is 2. The van der Waals surface area contributed by atoms with Crippen molar-refractivity contribution in [2.24, 2.45) is 0 Å². The maximum atomic E-state index is 12.9. The lowest BCUT2D eigenvalue weighted by atomic mass is 10.1. The van der Waals surface area contributed by atoms with Gasteiger partial charge < -0.3 is 0 Å². The molecule has 3 aromatic carbocycles. The quantitative estimate of drug-likeness (QED) is 0.371. The van der Waals surface area contributed by atoms with Gasteiger partial charge in [-0.15, -0.1) is 0 Å². The zero-order valence-corrected chi connectivity index (χ0v) is 17.9. The Morgan fingerprint density at radius 3 is 2.26 bits per heavy atom. The van der Waals surface area contributed by atoms with E-state index in [9.17, 15) is 8.42 Å². The van der Waals surface area contributed by atoms with Gasteiger partial charge in [-0.05, 0) is 47.5 Å². The van der Waals surface area contributed by atoms with E-state index in [1.165, 1.54) is 11.3 Å². The molecule has 5 aromatic rings. The Balaban J connectivity index is 1.41. The number of sulfonamides is 1. The summed E-state index contributed by atoms with van der Waals surface area (Å²) >= 11 is 1.47. The SMILES string of the molecule is O=S(=O)(Nc1cccc(-c2nc3cccnc3s2)c1)c1ccc(-c2ccccc2)cc1. The molecule has 0 saturated heterocycles. The molecule has 2 heterocycles. The first-order chi connectivity index (χ1) is 15.1. The first kappa shape index (κ1) is 19.4. The highest BCUT2D eigenvalue weighted by molar-refractivity contribution is 7.92. The highest BCUT2D eigenvalue weighted by atomic mass is 32.2. The molecule has 0 radical (unpaired) electrons. The molecule has 0 saturated carbocycles. The molecule has 31 heavy (non-hydrogen) atoms. The van der Waals surface area contributed by atoms with Gasteiger partial charge in [0.1, 0.15) is 15.4 Å². The van der Waals surface area contributed by atoms with Crippen molar-refractivity contribution >= 4 is 37.4 Å². The van der Waals surface area contributed by atoms with Gasteiger partial charge in [0, 0.05) is 17.4 Å². The molecular weight excluding hydrogens is 426 g/mol. The summed E-state index contributed by atoms with van der Waals surface area (Å²) in [6.07, 6.45) is 1.73. The van der Waals surface area contributed by atoms with Gasteiger partial charge in [-0.1, -0.05) is 65.9 Å². The van der Waals surface area contributed by atoms with Crippen LogP contribution in [0.25, 0.3) is 32.0 Å². The third-order valence-electron chi connectivity index (χ3n) is 4.80. The van der Waals surface area contributed by atoms with Crippen molar-refractivity contribution in [3.8, 4) is 21.7 Å². The second-order valence-corrected chi connectivity index (χ2v) is 9.58. The lowest BCUT2D eigenvalue weighted by Crippen LogP contribution is -2.12. The molecule has 0 aliphatic carbocycles. The molecule has 0 fully saturated rings. The molecule has 0 unspecified atom stereocenters. The fraction of sp³-hybridized carbons (Fsp3) is 0. The maximum absolute atomic E-state index is 12.9. The monoisotopic (exact) mass is 443 g/mol. The Bertz CT molecular complexity index is 1430. The minimum absolute atomic E-state index is 0.210. The van der Waals surface area contributed by atoms with E-state index in [1.807, 2.05) is 66.7 Å². The standard InChI is InChI=1S/C24H17N3O2S2/c28-31(29,21-13-11-18(12-14-21)17-6-2-1-3-7-17)27-20-9-4-8-19(16-20)23-26-22-10-5-15-25-24(22)30-23/h1-16,27H. The van der Waals surface area contributed by atoms with E-state index in [2.05, 4.69) is 14.7 Å². The van der Waals surface area contributed by atoms with Gasteiger partial charge in [0.2, 0.25) is 0 Å². The molecule has 5 nitrogen and oxygen atoms in total. The Morgan fingerprint density at radius 1 is 0.742 bits per heavy atom. The summed E-state index contributed by atoms with van der Waals surface area (Å²) in [6.45, 7) is 0. The van der Waals surface area contributed by atoms with Gasteiger partial charge >= 0.3 is 0 Å². The third kappa shape index (κ3) is 4.05. The summed E-state index contributed by atoms with van der Waals surface area (Å²) in [5.74, 6) is 0. The van der Waals surface area contributed by atoms with Crippen LogP contribution in [0.4, 0.5) is 5.69 Å². The van der Waals surface area contributed by atoms with Crippen molar-refractivity contribution in [3.63, 3.8) is 0 Å². The number of nitrogens with one attached hydrogen (secondary N) is 1. The van der Waals surface area contributed by atoms with E-state index < -0.39 is 10.0 Å². The average molecular weight is 444 g/mol. The first-order valence-electron chi connectivity index (χ1n) is 9.59. The van der Waals surface area contributed by atoms with Crippen LogP contribution in [0.1, 0.15) is 0 Å². The molecule has 0 amide bonds. The lowest BCUT2D eigenvalue weighted by molar-refractivity contribution is 0.601. The van der Waals surface area contributed by atoms with Crippen molar-refractivity contribution in [1.82, 2.24) is 9.97 Å². The number of benzene rings is 3. The summed E-state index contributed by atoms with van der Waals surface area (Å²) in [5, 5.41) is 0.793. The molecule has 152 valence electrons. The first-order valence-corrected chi connectivity index (χ1v) is 11.9. The molecule has 1 N–H and O–H groups in total. The summed E-state index contributed by atoms with van der Waals surface area (Å²) in [6, 6.07) is 27.7. The second kappa shape index (κ2) is 7.94. The zero-order chi connectivity index (χ0) is 21.3. The zero-order valence-electron chi connectivity index (χ0n) is 16.3. The summed E-state index contributed by atoms with van der Waals surface area (Å²) in [4.78, 5) is 9.98. The van der Waals surface area contributed by atoms with Gasteiger partial charge in [0.15, 0.2) is 0 Å². The minimum atomic E-state index is -3.72. The topological polar surface area (TPSA) is 72.0 Å². The largest absolute Gasteiger partial charge is 0.280 e. The summed E-state index contributed by atoms with van der Waals surface area (Å²) < 4.78 is 28.5. The van der Waals surface area contributed by atoms with E-state index in [4.69, 9.17) is 0 Å². The molecular formula is C24H17N3O2S2. The van der Waals surface area contributed by atoms with Crippen LogP contribution in [0.5, 0.6) is 0 Å². The van der Waals surface area contributed by atoms with Gasteiger partial charge in [0.25, 0.3) is 10.0 Å². The summed E-state index contributed by atoms with van der Waals surface area (Å²) in [5.41, 5.74) is 4.15. The minimum Gasteiger partial charge on any atom is -0.280 e. The number of hydrogen-bond acceptors (Lipinski definition) is 5. The van der Waals surface area contributed by atoms with Gasteiger partial charge in [-0.25, -0.2) is 18.4 Å². The van der Waals surface area contributed by atoms with Crippen LogP contribution in [-0.2, 0) is 10.0 Å². The van der Waals surface area contributed by atoms with E-state index >= 15 is 0 Å². The van der Waals surface area contributed by atoms with Gasteiger partial charge in [-0.3, -0.25) is 4.72 Å². The second-order valence-electron chi connectivity index (χ2n) is 6.92. The highest BCUT2D eigenvalue weighted by Gasteiger charge is 2.15. The van der Waals surface area contributed by atoms with Crippen LogP contribution in [0, 0.1) is 0 Å². The number of nitrogens with zero attached hydrogens (tertiary/aromatic N) is 2. The molecule has 5 rings (SSSR count). The number of hydrogen-bond donors (Lipinski definition) is 1. The number of thiazole rings is 1. The van der Waals surface area contributed by atoms with E-state index in [0.29, 0.717) is 5.69 Å². The van der Waals surface area contributed by atoms with Gasteiger partial charge in [0.05, 0.1) is 4.90 Å². The maximum Gasteiger partial charge on any atom is 0.261 e. The number of pyridine rings is 1. The highest BCUT2D eigenvalue weighted by Crippen LogP contribution is 2.31. The smallest absolute Gasteiger partial charge is 0.261 e.